The topological polar surface area (TPSA) is 30.3 Å². The van der Waals surface area contributed by atoms with E-state index in [1.807, 2.05) is 18.2 Å². The number of hydrogen-bond acceptors (Lipinski definition) is 3. The van der Waals surface area contributed by atoms with Crippen LogP contribution in [0.5, 0.6) is 0 Å². The second kappa shape index (κ2) is 6.07. The maximum atomic E-state index is 8.93. The van der Waals surface area contributed by atoms with E-state index in [1.54, 1.807) is 6.07 Å². The van der Waals surface area contributed by atoms with Gasteiger partial charge in [0.25, 0.3) is 0 Å². The van der Waals surface area contributed by atoms with Crippen molar-refractivity contribution in [3.63, 3.8) is 0 Å². The minimum Gasteiger partial charge on any atom is -0.368 e. The summed E-state index contributed by atoms with van der Waals surface area (Å²) in [5.74, 6) is 0. The molecule has 1 aliphatic rings. The standard InChI is InChI=1S/C17H16ClN3/c18-17-12-16(7-6-14(17)13-19)21-10-8-20(9-11-21)15-4-2-1-3-5-15/h1-7,12H,8-11H2. The Labute approximate surface area is 130 Å². The summed E-state index contributed by atoms with van der Waals surface area (Å²) >= 11 is 6.11. The molecule has 0 aliphatic carbocycles. The minimum absolute atomic E-state index is 0.528. The molecule has 0 bridgehead atoms. The summed E-state index contributed by atoms with van der Waals surface area (Å²) in [4.78, 5) is 4.70. The van der Waals surface area contributed by atoms with Gasteiger partial charge in [-0.2, -0.15) is 5.26 Å². The molecule has 2 aromatic carbocycles. The molecule has 1 saturated heterocycles. The Morgan fingerprint density at radius 1 is 0.857 bits per heavy atom. The summed E-state index contributed by atoms with van der Waals surface area (Å²) in [5.41, 5.74) is 2.89. The van der Waals surface area contributed by atoms with Gasteiger partial charge in [0.2, 0.25) is 0 Å². The fourth-order valence-electron chi connectivity index (χ4n) is 2.65. The molecule has 1 fully saturated rings. The molecular formula is C17H16ClN3. The Balaban J connectivity index is 1.69. The van der Waals surface area contributed by atoms with Gasteiger partial charge in [-0.25, -0.2) is 0 Å². The molecule has 0 radical (unpaired) electrons. The molecule has 3 nitrogen and oxygen atoms in total. The first-order valence-electron chi connectivity index (χ1n) is 7.02. The van der Waals surface area contributed by atoms with Crippen molar-refractivity contribution < 1.29 is 0 Å². The van der Waals surface area contributed by atoms with Crippen molar-refractivity contribution >= 4 is 23.0 Å². The third-order valence-electron chi connectivity index (χ3n) is 3.84. The second-order valence-corrected chi connectivity index (χ2v) is 5.49. The Morgan fingerprint density at radius 3 is 2.05 bits per heavy atom. The zero-order chi connectivity index (χ0) is 14.7. The fraction of sp³-hybridized carbons (Fsp3) is 0.235. The van der Waals surface area contributed by atoms with Crippen molar-refractivity contribution in [1.82, 2.24) is 0 Å². The molecule has 0 N–H and O–H groups in total. The van der Waals surface area contributed by atoms with Crippen LogP contribution in [0.1, 0.15) is 5.56 Å². The van der Waals surface area contributed by atoms with Crippen molar-refractivity contribution in [3.05, 3.63) is 59.1 Å². The number of nitriles is 1. The van der Waals surface area contributed by atoms with E-state index >= 15 is 0 Å². The summed E-state index contributed by atoms with van der Waals surface area (Å²) in [7, 11) is 0. The average Bonchev–Trinajstić information content (AvgIpc) is 2.56. The maximum Gasteiger partial charge on any atom is 0.101 e. The van der Waals surface area contributed by atoms with Crippen LogP contribution in [0.3, 0.4) is 0 Å². The average molecular weight is 298 g/mol. The SMILES string of the molecule is N#Cc1ccc(N2CCN(c3ccccc3)CC2)cc1Cl. The zero-order valence-electron chi connectivity index (χ0n) is 11.7. The number of rotatable bonds is 2. The van der Waals surface area contributed by atoms with Gasteiger partial charge in [0.1, 0.15) is 6.07 Å². The number of benzene rings is 2. The number of halogens is 1. The Morgan fingerprint density at radius 2 is 1.48 bits per heavy atom. The predicted molar refractivity (Wildman–Crippen MR) is 87.0 cm³/mol. The van der Waals surface area contributed by atoms with Crippen LogP contribution < -0.4 is 9.80 Å². The van der Waals surface area contributed by atoms with E-state index in [0.29, 0.717) is 10.6 Å². The normalized spacial score (nSPS) is 14.9. The number of nitrogens with zero attached hydrogens (tertiary/aromatic N) is 3. The lowest BCUT2D eigenvalue weighted by atomic mass is 10.2. The van der Waals surface area contributed by atoms with Crippen molar-refractivity contribution in [1.29, 1.82) is 5.26 Å². The zero-order valence-corrected chi connectivity index (χ0v) is 12.4. The van der Waals surface area contributed by atoms with E-state index in [0.717, 1.165) is 31.9 Å². The lowest BCUT2D eigenvalue weighted by Crippen LogP contribution is -2.46. The molecule has 1 heterocycles. The summed E-state index contributed by atoms with van der Waals surface area (Å²) in [6.45, 7) is 3.89. The molecule has 106 valence electrons. The molecule has 0 amide bonds. The van der Waals surface area contributed by atoms with E-state index in [4.69, 9.17) is 16.9 Å². The number of anilines is 2. The first-order valence-corrected chi connectivity index (χ1v) is 7.40. The van der Waals surface area contributed by atoms with Crippen LogP contribution in [-0.4, -0.2) is 26.2 Å². The monoisotopic (exact) mass is 297 g/mol. The highest BCUT2D eigenvalue weighted by molar-refractivity contribution is 6.32. The Bertz CT molecular complexity index is 655. The second-order valence-electron chi connectivity index (χ2n) is 5.09. The van der Waals surface area contributed by atoms with Gasteiger partial charge >= 0.3 is 0 Å². The van der Waals surface area contributed by atoms with Crippen molar-refractivity contribution in [3.8, 4) is 6.07 Å². The van der Waals surface area contributed by atoms with Crippen molar-refractivity contribution in [2.45, 2.75) is 0 Å². The molecule has 0 spiro atoms. The molecule has 1 aliphatic heterocycles. The van der Waals surface area contributed by atoms with Crippen LogP contribution in [0.2, 0.25) is 5.02 Å². The molecule has 3 rings (SSSR count). The maximum absolute atomic E-state index is 8.93. The molecule has 0 atom stereocenters. The van der Waals surface area contributed by atoms with Gasteiger partial charge in [-0.15, -0.1) is 0 Å². The van der Waals surface area contributed by atoms with Crippen LogP contribution in [0.15, 0.2) is 48.5 Å². The van der Waals surface area contributed by atoms with Gasteiger partial charge < -0.3 is 9.80 Å². The summed E-state index contributed by atoms with van der Waals surface area (Å²) < 4.78 is 0. The third-order valence-corrected chi connectivity index (χ3v) is 4.15. The van der Waals surface area contributed by atoms with Crippen LogP contribution >= 0.6 is 11.6 Å². The van der Waals surface area contributed by atoms with Gasteiger partial charge in [-0.1, -0.05) is 29.8 Å². The summed E-state index contributed by atoms with van der Waals surface area (Å²) in [5, 5.41) is 9.45. The Kier molecular flexibility index (Phi) is 3.98. The highest BCUT2D eigenvalue weighted by atomic mass is 35.5. The van der Waals surface area contributed by atoms with Crippen LogP contribution in [0.25, 0.3) is 0 Å². The van der Waals surface area contributed by atoms with Crippen molar-refractivity contribution in [2.24, 2.45) is 0 Å². The third kappa shape index (κ3) is 2.96. The first kappa shape index (κ1) is 13.8. The summed E-state index contributed by atoms with van der Waals surface area (Å²) in [6.07, 6.45) is 0. The van der Waals surface area contributed by atoms with E-state index in [1.165, 1.54) is 5.69 Å². The molecule has 4 heteroatoms. The molecular weight excluding hydrogens is 282 g/mol. The molecule has 21 heavy (non-hydrogen) atoms. The van der Waals surface area contributed by atoms with Gasteiger partial charge in [0, 0.05) is 37.6 Å². The number of piperazine rings is 1. The molecule has 2 aromatic rings. The predicted octanol–water partition coefficient (Wildman–Crippen LogP) is 3.54. The highest BCUT2D eigenvalue weighted by Crippen LogP contribution is 2.25. The van der Waals surface area contributed by atoms with E-state index in [9.17, 15) is 0 Å². The number of hydrogen-bond donors (Lipinski definition) is 0. The summed E-state index contributed by atoms with van der Waals surface area (Å²) in [6, 6.07) is 18.2. The lowest BCUT2D eigenvalue weighted by Gasteiger charge is -2.37. The van der Waals surface area contributed by atoms with Gasteiger partial charge in [0.05, 0.1) is 10.6 Å². The highest BCUT2D eigenvalue weighted by Gasteiger charge is 2.18. The van der Waals surface area contributed by atoms with E-state index < -0.39 is 0 Å². The molecule has 0 aromatic heterocycles. The van der Waals surface area contributed by atoms with E-state index in [2.05, 4.69) is 40.1 Å². The van der Waals surface area contributed by atoms with Gasteiger partial charge in [-0.05, 0) is 30.3 Å². The first-order chi connectivity index (χ1) is 10.3. The lowest BCUT2D eigenvalue weighted by molar-refractivity contribution is 0.653. The van der Waals surface area contributed by atoms with Crippen LogP contribution in [-0.2, 0) is 0 Å². The van der Waals surface area contributed by atoms with Crippen LogP contribution in [0, 0.1) is 11.3 Å². The van der Waals surface area contributed by atoms with E-state index in [-0.39, 0.29) is 0 Å². The quantitative estimate of drug-likeness (QED) is 0.849. The minimum atomic E-state index is 0.528. The van der Waals surface area contributed by atoms with Crippen LogP contribution in [0.4, 0.5) is 11.4 Å². The molecule has 0 unspecified atom stereocenters. The number of para-hydroxylation sites is 1. The Hall–Kier alpha value is -2.18. The van der Waals surface area contributed by atoms with Crippen molar-refractivity contribution in [2.75, 3.05) is 36.0 Å². The largest absolute Gasteiger partial charge is 0.368 e. The molecule has 0 saturated carbocycles. The van der Waals surface area contributed by atoms with Gasteiger partial charge in [-0.3, -0.25) is 0 Å². The smallest absolute Gasteiger partial charge is 0.101 e. The fourth-order valence-corrected chi connectivity index (χ4v) is 2.87. The van der Waals surface area contributed by atoms with Gasteiger partial charge in [0.15, 0.2) is 0 Å².